The number of thioether (sulfide) groups is 1. The summed E-state index contributed by atoms with van der Waals surface area (Å²) in [5, 5.41) is 2.94. The number of thiophene rings is 1. The van der Waals surface area contributed by atoms with Crippen LogP contribution in [0.15, 0.2) is 40.2 Å². The lowest BCUT2D eigenvalue weighted by Gasteiger charge is -2.05. The number of nitrogens with one attached hydrogen (secondary N) is 1. The summed E-state index contributed by atoms with van der Waals surface area (Å²) in [5.41, 5.74) is 1.89. The quantitative estimate of drug-likeness (QED) is 0.760. The molecule has 20 heavy (non-hydrogen) atoms. The first kappa shape index (κ1) is 15.6. The molecule has 0 bridgehead atoms. The second kappa shape index (κ2) is 7.86. The minimum Gasteiger partial charge on any atom is -0.351 e. The van der Waals surface area contributed by atoms with E-state index in [1.165, 1.54) is 14.2 Å². The molecule has 0 saturated heterocycles. The standard InChI is InChI=1S/C15H16BrNOS2/c1-11-2-4-12(5-3-11)15(18)17-8-9-19-10-13-6-7-14(16)20-13/h2-7H,8-10H2,1H3,(H,17,18). The summed E-state index contributed by atoms with van der Waals surface area (Å²) in [5.74, 6) is 1.92. The van der Waals surface area contributed by atoms with E-state index in [4.69, 9.17) is 0 Å². The Morgan fingerprint density at radius 3 is 2.65 bits per heavy atom. The van der Waals surface area contributed by atoms with Crippen molar-refractivity contribution in [1.82, 2.24) is 5.32 Å². The van der Waals surface area contributed by atoms with Gasteiger partial charge in [0.2, 0.25) is 0 Å². The molecule has 0 spiro atoms. The molecular weight excluding hydrogens is 354 g/mol. The van der Waals surface area contributed by atoms with Gasteiger partial charge in [-0.3, -0.25) is 4.79 Å². The van der Waals surface area contributed by atoms with Gasteiger partial charge in [0, 0.05) is 28.5 Å². The summed E-state index contributed by atoms with van der Waals surface area (Å²) in [6.07, 6.45) is 0. The minimum absolute atomic E-state index is 0.00414. The van der Waals surface area contributed by atoms with E-state index in [2.05, 4.69) is 33.4 Å². The molecule has 0 radical (unpaired) electrons. The zero-order valence-electron chi connectivity index (χ0n) is 11.2. The molecule has 0 fully saturated rings. The highest BCUT2D eigenvalue weighted by atomic mass is 79.9. The third-order valence-electron chi connectivity index (χ3n) is 2.72. The maximum absolute atomic E-state index is 11.9. The predicted octanol–water partition coefficient (Wildman–Crippen LogP) is 4.48. The molecule has 0 unspecified atom stereocenters. The summed E-state index contributed by atoms with van der Waals surface area (Å²) in [4.78, 5) is 13.2. The second-order valence-electron chi connectivity index (χ2n) is 4.38. The Morgan fingerprint density at radius 1 is 1.25 bits per heavy atom. The molecule has 2 aromatic rings. The molecule has 0 saturated carbocycles. The van der Waals surface area contributed by atoms with E-state index in [0.717, 1.165) is 17.1 Å². The van der Waals surface area contributed by atoms with Gasteiger partial charge in [0.25, 0.3) is 5.91 Å². The first-order chi connectivity index (χ1) is 9.65. The zero-order valence-corrected chi connectivity index (χ0v) is 14.4. The first-order valence-corrected chi connectivity index (χ1v) is 9.08. The van der Waals surface area contributed by atoms with E-state index in [9.17, 15) is 4.79 Å². The largest absolute Gasteiger partial charge is 0.351 e. The smallest absolute Gasteiger partial charge is 0.251 e. The third kappa shape index (κ3) is 4.96. The molecule has 0 aliphatic heterocycles. The molecule has 106 valence electrons. The van der Waals surface area contributed by atoms with Gasteiger partial charge in [-0.05, 0) is 47.1 Å². The van der Waals surface area contributed by atoms with Gasteiger partial charge in [0.15, 0.2) is 0 Å². The number of amides is 1. The molecule has 1 aromatic heterocycles. The highest BCUT2D eigenvalue weighted by molar-refractivity contribution is 9.11. The van der Waals surface area contributed by atoms with Crippen LogP contribution in [-0.4, -0.2) is 18.2 Å². The molecule has 1 N–H and O–H groups in total. The van der Waals surface area contributed by atoms with E-state index in [0.29, 0.717) is 6.54 Å². The first-order valence-electron chi connectivity index (χ1n) is 6.32. The Morgan fingerprint density at radius 2 is 2.00 bits per heavy atom. The maximum atomic E-state index is 11.9. The summed E-state index contributed by atoms with van der Waals surface area (Å²) in [7, 11) is 0. The van der Waals surface area contributed by atoms with Crippen LogP contribution in [0.5, 0.6) is 0 Å². The van der Waals surface area contributed by atoms with Gasteiger partial charge in [-0.1, -0.05) is 17.7 Å². The average Bonchev–Trinajstić information content (AvgIpc) is 2.84. The monoisotopic (exact) mass is 369 g/mol. The molecular formula is C15H16BrNOS2. The van der Waals surface area contributed by atoms with Crippen LogP contribution in [0.4, 0.5) is 0 Å². The fourth-order valence-corrected chi connectivity index (χ4v) is 4.10. The van der Waals surface area contributed by atoms with Crippen molar-refractivity contribution in [3.63, 3.8) is 0 Å². The number of carbonyl (C=O) groups excluding carboxylic acids is 1. The van der Waals surface area contributed by atoms with Crippen LogP contribution < -0.4 is 5.32 Å². The minimum atomic E-state index is 0.00414. The van der Waals surface area contributed by atoms with E-state index in [-0.39, 0.29) is 5.91 Å². The highest BCUT2D eigenvalue weighted by Gasteiger charge is 2.04. The van der Waals surface area contributed by atoms with E-state index < -0.39 is 0 Å². The number of carbonyl (C=O) groups is 1. The molecule has 1 amide bonds. The third-order valence-corrected chi connectivity index (χ3v) is 5.53. The normalized spacial score (nSPS) is 10.5. The van der Waals surface area contributed by atoms with Crippen LogP contribution in [-0.2, 0) is 5.75 Å². The lowest BCUT2D eigenvalue weighted by Crippen LogP contribution is -2.25. The Kier molecular flexibility index (Phi) is 6.13. The predicted molar refractivity (Wildman–Crippen MR) is 91.7 cm³/mol. The van der Waals surface area contributed by atoms with Gasteiger partial charge >= 0.3 is 0 Å². The summed E-state index contributed by atoms with van der Waals surface area (Å²) in [6, 6.07) is 11.8. The van der Waals surface area contributed by atoms with Crippen LogP contribution in [0.1, 0.15) is 20.8 Å². The Labute approximate surface area is 136 Å². The van der Waals surface area contributed by atoms with E-state index >= 15 is 0 Å². The fraction of sp³-hybridized carbons (Fsp3) is 0.267. The van der Waals surface area contributed by atoms with Crippen molar-refractivity contribution in [2.45, 2.75) is 12.7 Å². The van der Waals surface area contributed by atoms with E-state index in [1.807, 2.05) is 43.0 Å². The van der Waals surface area contributed by atoms with Crippen LogP contribution in [0.3, 0.4) is 0 Å². The molecule has 0 aliphatic carbocycles. The Balaban J connectivity index is 1.65. The van der Waals surface area contributed by atoms with Crippen molar-refractivity contribution in [2.24, 2.45) is 0 Å². The molecule has 1 aromatic carbocycles. The SMILES string of the molecule is Cc1ccc(C(=O)NCCSCc2ccc(Br)s2)cc1. The van der Waals surface area contributed by atoms with Gasteiger partial charge in [-0.2, -0.15) is 11.8 Å². The molecule has 1 heterocycles. The zero-order chi connectivity index (χ0) is 14.4. The molecule has 2 rings (SSSR count). The lowest BCUT2D eigenvalue weighted by molar-refractivity contribution is 0.0956. The number of aryl methyl sites for hydroxylation is 1. The van der Waals surface area contributed by atoms with Crippen LogP contribution in [0.25, 0.3) is 0 Å². The van der Waals surface area contributed by atoms with Crippen molar-refractivity contribution < 1.29 is 4.79 Å². The maximum Gasteiger partial charge on any atom is 0.251 e. The summed E-state index contributed by atoms with van der Waals surface area (Å²) < 4.78 is 1.17. The molecule has 0 aliphatic rings. The van der Waals surface area contributed by atoms with Crippen molar-refractivity contribution >= 4 is 44.9 Å². The summed E-state index contributed by atoms with van der Waals surface area (Å²) >= 11 is 7.05. The van der Waals surface area contributed by atoms with Gasteiger partial charge in [0.1, 0.15) is 0 Å². The van der Waals surface area contributed by atoms with Gasteiger partial charge < -0.3 is 5.32 Å². The van der Waals surface area contributed by atoms with Gasteiger partial charge in [0.05, 0.1) is 3.79 Å². The molecule has 5 heteroatoms. The van der Waals surface area contributed by atoms with Gasteiger partial charge in [-0.25, -0.2) is 0 Å². The molecule has 2 nitrogen and oxygen atoms in total. The number of hydrogen-bond donors (Lipinski definition) is 1. The number of rotatable bonds is 6. The highest BCUT2D eigenvalue weighted by Crippen LogP contribution is 2.25. The van der Waals surface area contributed by atoms with Crippen LogP contribution in [0.2, 0.25) is 0 Å². The average molecular weight is 370 g/mol. The lowest BCUT2D eigenvalue weighted by atomic mass is 10.1. The van der Waals surface area contributed by atoms with Crippen LogP contribution >= 0.6 is 39.0 Å². The number of halogens is 1. The Bertz CT molecular complexity index is 566. The van der Waals surface area contributed by atoms with Crippen molar-refractivity contribution in [3.8, 4) is 0 Å². The molecule has 0 atom stereocenters. The van der Waals surface area contributed by atoms with Crippen molar-refractivity contribution in [1.29, 1.82) is 0 Å². The fourth-order valence-electron chi connectivity index (χ4n) is 1.65. The summed E-state index contributed by atoms with van der Waals surface area (Å²) in [6.45, 7) is 2.71. The van der Waals surface area contributed by atoms with Crippen LogP contribution in [0, 0.1) is 6.92 Å². The van der Waals surface area contributed by atoms with Gasteiger partial charge in [-0.15, -0.1) is 11.3 Å². The van der Waals surface area contributed by atoms with E-state index in [1.54, 1.807) is 11.3 Å². The van der Waals surface area contributed by atoms with Crippen molar-refractivity contribution in [2.75, 3.05) is 12.3 Å². The number of benzene rings is 1. The Hall–Kier alpha value is -0.780. The second-order valence-corrected chi connectivity index (χ2v) is 8.03. The number of hydrogen-bond acceptors (Lipinski definition) is 3. The van der Waals surface area contributed by atoms with Crippen molar-refractivity contribution in [3.05, 3.63) is 56.2 Å². The topological polar surface area (TPSA) is 29.1 Å².